The molecule has 3 N–H and O–H groups in total. The zero-order valence-corrected chi connectivity index (χ0v) is 19.3. The third-order valence-electron chi connectivity index (χ3n) is 6.83. The predicted molar refractivity (Wildman–Crippen MR) is 124 cm³/mol. The molecule has 0 radical (unpaired) electrons. The maximum absolute atomic E-state index is 13.0. The Bertz CT molecular complexity index is 1120. The van der Waals surface area contributed by atoms with Gasteiger partial charge in [-0.05, 0) is 68.2 Å². The van der Waals surface area contributed by atoms with E-state index in [2.05, 4.69) is 36.1 Å². The lowest BCUT2D eigenvalue weighted by Crippen LogP contribution is -2.24. The average molecular weight is 441 g/mol. The van der Waals surface area contributed by atoms with Crippen molar-refractivity contribution >= 4 is 23.4 Å². The first-order valence-electron chi connectivity index (χ1n) is 11.0. The first kappa shape index (κ1) is 23.5. The highest BCUT2D eigenvalue weighted by atomic mass is 16.4. The summed E-state index contributed by atoms with van der Waals surface area (Å²) in [5.41, 5.74) is 1.80. The number of nitrogens with one attached hydrogen (secondary N) is 1. The number of aliphatic carboxylic acids is 1. The molecule has 0 spiro atoms. The van der Waals surface area contributed by atoms with Crippen LogP contribution in [0.4, 0.5) is 11.4 Å². The Morgan fingerprint density at radius 3 is 2.66 bits per heavy atom. The van der Waals surface area contributed by atoms with E-state index in [1.165, 1.54) is 25.1 Å². The summed E-state index contributed by atoms with van der Waals surface area (Å²) in [5.74, 6) is -0.596. The second-order valence-corrected chi connectivity index (χ2v) is 9.35. The zero-order valence-electron chi connectivity index (χ0n) is 19.3. The summed E-state index contributed by atoms with van der Waals surface area (Å²) < 4.78 is 1.68. The number of phenolic OH excluding ortho intramolecular Hbond substituents is 1. The van der Waals surface area contributed by atoms with Crippen molar-refractivity contribution in [1.29, 1.82) is 0 Å². The molecule has 1 saturated carbocycles. The second kappa shape index (κ2) is 9.14. The number of carboxylic acids is 1. The van der Waals surface area contributed by atoms with Crippen molar-refractivity contribution in [3.63, 3.8) is 0 Å². The van der Waals surface area contributed by atoms with Crippen LogP contribution >= 0.6 is 0 Å². The fourth-order valence-electron chi connectivity index (χ4n) is 4.25. The van der Waals surface area contributed by atoms with Gasteiger partial charge in [0.1, 0.15) is 11.4 Å². The molecule has 1 heterocycles. The molecule has 2 atom stereocenters. The number of carbonyl (C=O) groups is 1. The van der Waals surface area contributed by atoms with Gasteiger partial charge in [-0.2, -0.15) is 0 Å². The topological polar surface area (TPSA) is 120 Å². The third kappa shape index (κ3) is 4.84. The summed E-state index contributed by atoms with van der Waals surface area (Å²) in [6.07, 6.45) is 5.57. The summed E-state index contributed by atoms with van der Waals surface area (Å²) in [5, 5.41) is 30.6. The molecule has 2 aromatic rings. The molecule has 172 valence electrons. The Morgan fingerprint density at radius 1 is 1.31 bits per heavy atom. The number of rotatable bonds is 7. The Morgan fingerprint density at radius 2 is 2.03 bits per heavy atom. The van der Waals surface area contributed by atoms with Crippen LogP contribution in [0.1, 0.15) is 70.7 Å². The van der Waals surface area contributed by atoms with Crippen molar-refractivity contribution < 1.29 is 15.0 Å². The molecule has 1 aromatic carbocycles. The van der Waals surface area contributed by atoms with Gasteiger partial charge < -0.3 is 10.2 Å². The predicted octanol–water partition coefficient (Wildman–Crippen LogP) is 5.87. The van der Waals surface area contributed by atoms with Gasteiger partial charge >= 0.3 is 5.97 Å². The normalized spacial score (nSPS) is 19.7. The van der Waals surface area contributed by atoms with Crippen LogP contribution in [0.3, 0.4) is 0 Å². The number of azo groups is 1. The molecular weight excluding hydrogens is 408 g/mol. The number of aromatic amines is 1. The van der Waals surface area contributed by atoms with E-state index < -0.39 is 5.97 Å². The smallest absolute Gasteiger partial charge is 0.331 e. The maximum Gasteiger partial charge on any atom is 0.331 e. The SMILES string of the molecule is CCC(C)(C)C1CCC(n2[nH]c(C)c(N=Nc3ccc(/C=C(\C)C(=O)O)cc3O)c2=O)C1. The van der Waals surface area contributed by atoms with E-state index in [9.17, 15) is 14.7 Å². The summed E-state index contributed by atoms with van der Waals surface area (Å²) in [6.45, 7) is 10.1. The Labute approximate surface area is 187 Å². The zero-order chi connectivity index (χ0) is 23.6. The van der Waals surface area contributed by atoms with Crippen molar-refractivity contribution in [3.8, 4) is 5.75 Å². The van der Waals surface area contributed by atoms with Gasteiger partial charge in [-0.25, -0.2) is 9.48 Å². The molecule has 1 aromatic heterocycles. The van der Waals surface area contributed by atoms with E-state index in [1.54, 1.807) is 17.7 Å². The first-order valence-corrected chi connectivity index (χ1v) is 11.0. The lowest BCUT2D eigenvalue weighted by molar-refractivity contribution is -0.132. The van der Waals surface area contributed by atoms with Crippen LogP contribution in [0.25, 0.3) is 6.08 Å². The number of hydrogen-bond donors (Lipinski definition) is 3. The summed E-state index contributed by atoms with van der Waals surface area (Å²) in [7, 11) is 0. The Hall–Kier alpha value is -3.16. The lowest BCUT2D eigenvalue weighted by Gasteiger charge is -2.30. The van der Waals surface area contributed by atoms with Crippen LogP contribution in [0.15, 0.2) is 38.8 Å². The molecule has 1 aliphatic rings. The van der Waals surface area contributed by atoms with E-state index in [0.29, 0.717) is 17.2 Å². The molecule has 0 aliphatic heterocycles. The van der Waals surface area contributed by atoms with Crippen LogP contribution in [-0.2, 0) is 4.79 Å². The number of phenols is 1. The molecule has 32 heavy (non-hydrogen) atoms. The van der Waals surface area contributed by atoms with Crippen LogP contribution in [0.2, 0.25) is 0 Å². The Balaban J connectivity index is 1.81. The van der Waals surface area contributed by atoms with Crippen molar-refractivity contribution in [2.45, 2.75) is 66.3 Å². The maximum atomic E-state index is 13.0. The second-order valence-electron chi connectivity index (χ2n) is 9.35. The molecular formula is C24H32N4O4. The van der Waals surface area contributed by atoms with Crippen LogP contribution in [0.5, 0.6) is 5.75 Å². The third-order valence-corrected chi connectivity index (χ3v) is 6.83. The van der Waals surface area contributed by atoms with Crippen LogP contribution < -0.4 is 5.56 Å². The highest BCUT2D eigenvalue weighted by Crippen LogP contribution is 2.45. The van der Waals surface area contributed by atoms with Gasteiger partial charge in [-0.3, -0.25) is 9.89 Å². The fraction of sp³-hybridized carbons (Fsp3) is 0.500. The van der Waals surface area contributed by atoms with Gasteiger partial charge in [0.25, 0.3) is 5.56 Å². The van der Waals surface area contributed by atoms with E-state index in [-0.39, 0.29) is 39.7 Å². The van der Waals surface area contributed by atoms with E-state index in [4.69, 9.17) is 5.11 Å². The minimum atomic E-state index is -1.03. The quantitative estimate of drug-likeness (QED) is 0.368. The number of nitrogens with zero attached hydrogens (tertiary/aromatic N) is 3. The molecule has 3 rings (SSSR count). The molecule has 1 aliphatic carbocycles. The van der Waals surface area contributed by atoms with Gasteiger partial charge in [0.2, 0.25) is 0 Å². The molecule has 8 heteroatoms. The molecule has 2 unspecified atom stereocenters. The highest BCUT2D eigenvalue weighted by Gasteiger charge is 2.36. The van der Waals surface area contributed by atoms with Gasteiger partial charge in [-0.1, -0.05) is 33.3 Å². The minimum absolute atomic E-state index is 0.123. The van der Waals surface area contributed by atoms with Crippen molar-refractivity contribution in [2.24, 2.45) is 21.6 Å². The van der Waals surface area contributed by atoms with Crippen molar-refractivity contribution in [3.05, 3.63) is 45.4 Å². The van der Waals surface area contributed by atoms with Crippen molar-refractivity contribution in [2.75, 3.05) is 0 Å². The fourth-order valence-corrected chi connectivity index (χ4v) is 4.25. The lowest BCUT2D eigenvalue weighted by atomic mass is 9.76. The van der Waals surface area contributed by atoms with E-state index in [0.717, 1.165) is 25.7 Å². The largest absolute Gasteiger partial charge is 0.506 e. The van der Waals surface area contributed by atoms with E-state index in [1.807, 2.05) is 0 Å². The molecule has 8 nitrogen and oxygen atoms in total. The first-order chi connectivity index (χ1) is 15.0. The standard InChI is InChI=1S/C24H32N4O4/c1-6-24(4,5)17-8-9-18(13-17)28-22(30)21(15(3)27-28)26-25-19-10-7-16(12-20(19)29)11-14(2)23(31)32/h7,10-12,17-18,27,29H,6,8-9,13H2,1-5H3,(H,31,32)/b14-11+,26-25?. The highest BCUT2D eigenvalue weighted by molar-refractivity contribution is 5.91. The number of benzene rings is 1. The minimum Gasteiger partial charge on any atom is -0.506 e. The van der Waals surface area contributed by atoms with Gasteiger partial charge in [-0.15, -0.1) is 10.2 Å². The number of aromatic nitrogens is 2. The number of aryl methyl sites for hydroxylation is 1. The monoisotopic (exact) mass is 440 g/mol. The number of aromatic hydroxyl groups is 1. The number of hydrogen-bond acceptors (Lipinski definition) is 5. The average Bonchev–Trinajstić information content (AvgIpc) is 3.33. The van der Waals surface area contributed by atoms with Crippen LogP contribution in [0, 0.1) is 18.3 Å². The summed E-state index contributed by atoms with van der Waals surface area (Å²) >= 11 is 0. The van der Waals surface area contributed by atoms with Crippen LogP contribution in [-0.4, -0.2) is 26.0 Å². The number of H-pyrrole nitrogens is 1. The summed E-state index contributed by atoms with van der Waals surface area (Å²) in [6, 6.07) is 4.71. The van der Waals surface area contributed by atoms with Crippen molar-refractivity contribution in [1.82, 2.24) is 9.78 Å². The molecule has 0 bridgehead atoms. The van der Waals surface area contributed by atoms with E-state index >= 15 is 0 Å². The molecule has 1 fully saturated rings. The summed E-state index contributed by atoms with van der Waals surface area (Å²) in [4.78, 5) is 24.0. The molecule has 0 amide bonds. The molecule has 0 saturated heterocycles. The number of carboxylic acid groups (broad SMARTS) is 1. The Kier molecular flexibility index (Phi) is 6.71. The van der Waals surface area contributed by atoms with Gasteiger partial charge in [0.15, 0.2) is 5.69 Å². The van der Waals surface area contributed by atoms with Gasteiger partial charge in [0.05, 0.1) is 11.7 Å². The van der Waals surface area contributed by atoms with Gasteiger partial charge in [0, 0.05) is 5.57 Å².